The summed E-state index contributed by atoms with van der Waals surface area (Å²) in [5.74, 6) is 0.993. The summed E-state index contributed by atoms with van der Waals surface area (Å²) in [6.07, 6.45) is 8.98. The van der Waals surface area contributed by atoms with E-state index < -0.39 is 0 Å². The predicted molar refractivity (Wildman–Crippen MR) is 91.9 cm³/mol. The first-order valence-corrected chi connectivity index (χ1v) is 8.95. The van der Waals surface area contributed by atoms with E-state index in [-0.39, 0.29) is 24.3 Å². The molecule has 0 radical (unpaired) electrons. The zero-order valence-corrected chi connectivity index (χ0v) is 14.9. The highest BCUT2D eigenvalue weighted by Gasteiger charge is 2.33. The van der Waals surface area contributed by atoms with E-state index in [2.05, 4.69) is 33.8 Å². The molecule has 2 aliphatic rings. The van der Waals surface area contributed by atoms with Crippen molar-refractivity contribution in [1.29, 1.82) is 0 Å². The summed E-state index contributed by atoms with van der Waals surface area (Å²) in [5.41, 5.74) is 1.97. The van der Waals surface area contributed by atoms with Gasteiger partial charge >= 0.3 is 5.97 Å². The van der Waals surface area contributed by atoms with Crippen molar-refractivity contribution in [3.8, 4) is 0 Å². The minimum Gasteiger partial charge on any atom is -0.454 e. The highest BCUT2D eigenvalue weighted by Crippen LogP contribution is 2.32. The zero-order valence-electron chi connectivity index (χ0n) is 14.9. The Morgan fingerprint density at radius 3 is 2.65 bits per heavy atom. The van der Waals surface area contributed by atoms with Crippen molar-refractivity contribution >= 4 is 11.8 Å². The molecule has 0 unspecified atom stereocenters. The molecule has 3 atom stereocenters. The van der Waals surface area contributed by atoms with Crippen LogP contribution in [0.2, 0.25) is 0 Å². The lowest BCUT2D eigenvalue weighted by Crippen LogP contribution is -2.25. The third kappa shape index (κ3) is 5.05. The van der Waals surface area contributed by atoms with E-state index in [1.807, 2.05) is 6.08 Å². The monoisotopic (exact) mass is 318 g/mol. The summed E-state index contributed by atoms with van der Waals surface area (Å²) >= 11 is 0. The Kier molecular flexibility index (Phi) is 6.20. The van der Waals surface area contributed by atoms with Crippen LogP contribution in [0.5, 0.6) is 0 Å². The molecule has 0 saturated heterocycles. The van der Waals surface area contributed by atoms with Crippen molar-refractivity contribution in [2.45, 2.75) is 72.3 Å². The fraction of sp³-hybridized carbons (Fsp3) is 0.700. The van der Waals surface area contributed by atoms with E-state index in [0.717, 1.165) is 25.7 Å². The third-order valence-electron chi connectivity index (χ3n) is 5.14. The van der Waals surface area contributed by atoms with Crippen molar-refractivity contribution in [2.24, 2.45) is 17.8 Å². The van der Waals surface area contributed by atoms with Crippen LogP contribution in [0.15, 0.2) is 23.3 Å². The zero-order chi connectivity index (χ0) is 17.0. The Morgan fingerprint density at radius 2 is 1.96 bits per heavy atom. The number of allylic oxidation sites excluding steroid dienone is 2. The Morgan fingerprint density at radius 1 is 1.22 bits per heavy atom. The second-order valence-electron chi connectivity index (χ2n) is 7.66. The largest absolute Gasteiger partial charge is 0.454 e. The summed E-state index contributed by atoms with van der Waals surface area (Å²) in [6, 6.07) is 0. The molecule has 1 heterocycles. The van der Waals surface area contributed by atoms with Crippen LogP contribution in [-0.4, -0.2) is 17.9 Å². The van der Waals surface area contributed by atoms with Gasteiger partial charge in [0.25, 0.3) is 0 Å². The maximum absolute atomic E-state index is 12.2. The number of esters is 1. The quantitative estimate of drug-likeness (QED) is 0.523. The Balaban J connectivity index is 2.21. The molecule has 3 heteroatoms. The Labute approximate surface area is 140 Å². The highest BCUT2D eigenvalue weighted by molar-refractivity contribution is 5.97. The number of carbonyl (C=O) groups excluding carboxylic acids is 2. The molecular weight excluding hydrogens is 288 g/mol. The lowest BCUT2D eigenvalue weighted by molar-refractivity contribution is -0.142. The van der Waals surface area contributed by atoms with Gasteiger partial charge in [-0.25, -0.2) is 4.79 Å². The highest BCUT2D eigenvalue weighted by atomic mass is 16.5. The number of ether oxygens (including phenoxy) is 1. The van der Waals surface area contributed by atoms with Crippen molar-refractivity contribution in [3.63, 3.8) is 0 Å². The summed E-state index contributed by atoms with van der Waals surface area (Å²) in [7, 11) is 0. The molecule has 0 aromatic heterocycles. The van der Waals surface area contributed by atoms with Crippen molar-refractivity contribution in [3.05, 3.63) is 23.3 Å². The van der Waals surface area contributed by atoms with Crippen LogP contribution in [0.1, 0.15) is 66.2 Å². The fourth-order valence-corrected chi connectivity index (χ4v) is 3.60. The van der Waals surface area contributed by atoms with Gasteiger partial charge in [-0.15, -0.1) is 0 Å². The normalized spacial score (nSPS) is 32.8. The van der Waals surface area contributed by atoms with Crippen LogP contribution in [0.4, 0.5) is 0 Å². The molecule has 0 N–H and O–H groups in total. The summed E-state index contributed by atoms with van der Waals surface area (Å²) in [6.45, 7) is 8.66. The average Bonchev–Trinajstić information content (AvgIpc) is 2.78. The molecule has 3 nitrogen and oxygen atoms in total. The van der Waals surface area contributed by atoms with Gasteiger partial charge in [-0.05, 0) is 50.5 Å². The second-order valence-corrected chi connectivity index (χ2v) is 7.66. The topological polar surface area (TPSA) is 43.4 Å². The number of rotatable bonds is 1. The molecule has 0 aromatic rings. The lowest BCUT2D eigenvalue weighted by atomic mass is 9.84. The van der Waals surface area contributed by atoms with E-state index in [4.69, 9.17) is 4.74 Å². The molecule has 128 valence electrons. The van der Waals surface area contributed by atoms with Crippen LogP contribution in [0.3, 0.4) is 0 Å². The van der Waals surface area contributed by atoms with Crippen molar-refractivity contribution in [1.82, 2.24) is 0 Å². The summed E-state index contributed by atoms with van der Waals surface area (Å²) in [5, 5.41) is 0. The molecule has 0 saturated carbocycles. The van der Waals surface area contributed by atoms with Gasteiger partial charge < -0.3 is 4.74 Å². The minimum atomic E-state index is -0.288. The summed E-state index contributed by atoms with van der Waals surface area (Å²) < 4.78 is 5.58. The van der Waals surface area contributed by atoms with Gasteiger partial charge in [0.05, 0.1) is 0 Å². The first-order chi connectivity index (χ1) is 10.9. The first kappa shape index (κ1) is 18.0. The fourth-order valence-electron chi connectivity index (χ4n) is 3.60. The molecule has 0 amide bonds. The van der Waals surface area contributed by atoms with E-state index in [1.165, 1.54) is 5.57 Å². The Bertz CT molecular complexity index is 513. The smallest absolute Gasteiger partial charge is 0.334 e. The summed E-state index contributed by atoms with van der Waals surface area (Å²) in [4.78, 5) is 24.3. The second kappa shape index (κ2) is 7.94. The van der Waals surface area contributed by atoms with Gasteiger partial charge in [0.1, 0.15) is 11.9 Å². The molecule has 1 aliphatic heterocycles. The van der Waals surface area contributed by atoms with E-state index >= 15 is 0 Å². The van der Waals surface area contributed by atoms with E-state index in [0.29, 0.717) is 29.7 Å². The standard InChI is InChI=1S/C20H30O3/c1-13(2)18-9-8-14(3)6-5-7-15(4)10-17(21)11-16-12-19(18)23-20(16)22/h6,12-13,15,18-19H,5,7-11H2,1-4H3/b14-6+/t15-,18-,19+/m0/s1. The molecule has 0 fully saturated rings. The number of hydrogen-bond donors (Lipinski definition) is 0. The third-order valence-corrected chi connectivity index (χ3v) is 5.14. The number of hydrogen-bond acceptors (Lipinski definition) is 3. The van der Waals surface area contributed by atoms with Crippen LogP contribution >= 0.6 is 0 Å². The molecule has 1 aliphatic carbocycles. The van der Waals surface area contributed by atoms with Crippen LogP contribution in [-0.2, 0) is 14.3 Å². The molecule has 2 rings (SSSR count). The van der Waals surface area contributed by atoms with Gasteiger partial charge in [-0.3, -0.25) is 4.79 Å². The van der Waals surface area contributed by atoms with Gasteiger partial charge in [0, 0.05) is 24.3 Å². The Hall–Kier alpha value is -1.38. The minimum absolute atomic E-state index is 0.153. The van der Waals surface area contributed by atoms with Gasteiger partial charge in [-0.2, -0.15) is 0 Å². The van der Waals surface area contributed by atoms with E-state index in [1.54, 1.807) is 0 Å². The van der Waals surface area contributed by atoms with Crippen molar-refractivity contribution in [2.75, 3.05) is 0 Å². The average molecular weight is 318 g/mol. The lowest BCUT2D eigenvalue weighted by Gasteiger charge is -2.25. The number of carbonyl (C=O) groups is 2. The predicted octanol–water partition coefficient (Wildman–Crippen LogP) is 4.62. The SMILES string of the molecule is C/C1=C\CC[C@H](C)CC(=O)CC2=C[C@@H](OC2=O)[C@H](C(C)C)CC1. The van der Waals surface area contributed by atoms with Gasteiger partial charge in [0.2, 0.25) is 0 Å². The molecule has 23 heavy (non-hydrogen) atoms. The van der Waals surface area contributed by atoms with Crippen LogP contribution < -0.4 is 0 Å². The maximum atomic E-state index is 12.2. The number of ketones is 1. The van der Waals surface area contributed by atoms with Crippen LogP contribution in [0.25, 0.3) is 0 Å². The molecule has 0 aromatic carbocycles. The molecule has 2 bridgehead atoms. The van der Waals surface area contributed by atoms with Gasteiger partial charge in [-0.1, -0.05) is 32.4 Å². The molecule has 0 spiro atoms. The maximum Gasteiger partial charge on any atom is 0.334 e. The van der Waals surface area contributed by atoms with Crippen LogP contribution in [0, 0.1) is 17.8 Å². The molecular formula is C20H30O3. The van der Waals surface area contributed by atoms with Crippen molar-refractivity contribution < 1.29 is 14.3 Å². The van der Waals surface area contributed by atoms with E-state index in [9.17, 15) is 9.59 Å². The number of fused-ring (bicyclic) bond motifs is 1. The number of Topliss-reactive ketones (excluding diaryl/α,β-unsaturated/α-hetero) is 1. The van der Waals surface area contributed by atoms with Gasteiger partial charge in [0.15, 0.2) is 0 Å². The first-order valence-electron chi connectivity index (χ1n) is 8.95.